The molecule has 8 heteroatoms. The molecule has 2 aromatic rings. The molecule has 186 valence electrons. The van der Waals surface area contributed by atoms with Gasteiger partial charge in [0.1, 0.15) is 24.2 Å². The molecule has 0 aliphatic carbocycles. The van der Waals surface area contributed by atoms with Crippen LogP contribution in [0.25, 0.3) is 0 Å². The number of carbonyl (C=O) groups is 1. The highest BCUT2D eigenvalue weighted by atomic mass is 28.3. The summed E-state index contributed by atoms with van der Waals surface area (Å²) in [6, 6.07) is 13.4. The minimum atomic E-state index is -1.40. The molecule has 3 rings (SSSR count). The number of nitrogen functional groups attached to an aromatic ring is 1. The quantitative estimate of drug-likeness (QED) is 0.338. The molecular weight excluding hydrogens is 448 g/mol. The van der Waals surface area contributed by atoms with E-state index in [9.17, 15) is 4.79 Å². The maximum absolute atomic E-state index is 11.0. The van der Waals surface area contributed by atoms with Gasteiger partial charge in [-0.1, -0.05) is 38.7 Å². The van der Waals surface area contributed by atoms with Gasteiger partial charge in [0.2, 0.25) is 0 Å². The molecule has 1 unspecified atom stereocenters. The van der Waals surface area contributed by atoms with Crippen molar-refractivity contribution in [3.63, 3.8) is 0 Å². The molecule has 1 amide bonds. The molecule has 0 bridgehead atoms. The number of piperidine rings is 1. The van der Waals surface area contributed by atoms with Crippen LogP contribution in [0.2, 0.25) is 19.6 Å². The molecule has 3 N–H and O–H groups in total. The molecule has 1 aliphatic rings. The van der Waals surface area contributed by atoms with Gasteiger partial charge in [0.05, 0.1) is 14.7 Å². The first kappa shape index (κ1) is 25.9. The van der Waals surface area contributed by atoms with Gasteiger partial charge in [-0.25, -0.2) is 4.79 Å². The number of rotatable bonds is 10. The summed E-state index contributed by atoms with van der Waals surface area (Å²) < 4.78 is 18.4. The van der Waals surface area contributed by atoms with E-state index in [0.717, 1.165) is 29.0 Å². The van der Waals surface area contributed by atoms with Crippen LogP contribution in [0.4, 0.5) is 10.5 Å². The lowest BCUT2D eigenvalue weighted by atomic mass is 10.1. The van der Waals surface area contributed by atoms with E-state index in [0.29, 0.717) is 50.6 Å². The van der Waals surface area contributed by atoms with Gasteiger partial charge in [0.25, 0.3) is 0 Å². The third kappa shape index (κ3) is 7.14. The van der Waals surface area contributed by atoms with Crippen molar-refractivity contribution in [3.8, 4) is 11.5 Å². The number of nitrogens with two attached hydrogens (primary N) is 1. The smallest absolute Gasteiger partial charge is 0.407 e. The number of ether oxygens (including phenoxy) is 3. The summed E-state index contributed by atoms with van der Waals surface area (Å²) in [4.78, 5) is 12.5. The summed E-state index contributed by atoms with van der Waals surface area (Å²) >= 11 is 0. The molecule has 1 aliphatic heterocycles. The molecule has 1 saturated heterocycles. The van der Waals surface area contributed by atoms with E-state index in [1.54, 1.807) is 0 Å². The third-order valence-electron chi connectivity index (χ3n) is 6.31. The number of nitrogens with zero attached hydrogens (tertiary/aromatic N) is 1. The summed E-state index contributed by atoms with van der Waals surface area (Å²) in [5.74, 6) is 1.49. The van der Waals surface area contributed by atoms with E-state index in [1.165, 1.54) is 4.90 Å². The van der Waals surface area contributed by atoms with Crippen LogP contribution >= 0.6 is 0 Å². The topological polar surface area (TPSA) is 94.3 Å². The van der Waals surface area contributed by atoms with Crippen LogP contribution in [0.3, 0.4) is 0 Å². The molecule has 34 heavy (non-hydrogen) atoms. The molecule has 2 aromatic carbocycles. The summed E-state index contributed by atoms with van der Waals surface area (Å²) in [6.45, 7) is 11.1. The van der Waals surface area contributed by atoms with Crippen LogP contribution in [0.5, 0.6) is 11.5 Å². The zero-order valence-corrected chi connectivity index (χ0v) is 21.8. The maximum Gasteiger partial charge on any atom is 0.407 e. The Labute approximate surface area is 203 Å². The van der Waals surface area contributed by atoms with E-state index in [4.69, 9.17) is 25.1 Å². The minimum absolute atomic E-state index is 0.0251. The number of hydrogen-bond acceptors (Lipinski definition) is 5. The lowest BCUT2D eigenvalue weighted by Gasteiger charge is -2.30. The van der Waals surface area contributed by atoms with Crippen LogP contribution in [0, 0.1) is 0 Å². The fourth-order valence-electron chi connectivity index (χ4n) is 4.26. The minimum Gasteiger partial charge on any atom is -0.490 e. The summed E-state index contributed by atoms with van der Waals surface area (Å²) in [7, 11) is -1.40. The molecule has 1 heterocycles. The van der Waals surface area contributed by atoms with E-state index in [1.807, 2.05) is 36.4 Å². The van der Waals surface area contributed by atoms with Crippen LogP contribution in [-0.2, 0) is 18.0 Å². The van der Waals surface area contributed by atoms with E-state index >= 15 is 0 Å². The Balaban J connectivity index is 1.56. The van der Waals surface area contributed by atoms with Crippen LogP contribution in [0.1, 0.15) is 37.3 Å². The first-order valence-corrected chi connectivity index (χ1v) is 15.6. The van der Waals surface area contributed by atoms with Crippen LogP contribution in [-0.4, -0.2) is 49.1 Å². The average molecular weight is 487 g/mol. The predicted molar refractivity (Wildman–Crippen MR) is 137 cm³/mol. The van der Waals surface area contributed by atoms with Gasteiger partial charge in [0, 0.05) is 42.9 Å². The van der Waals surface area contributed by atoms with Crippen molar-refractivity contribution in [2.45, 2.75) is 70.9 Å². The second-order valence-electron chi connectivity index (χ2n) is 9.91. The molecule has 7 nitrogen and oxygen atoms in total. The van der Waals surface area contributed by atoms with Crippen molar-refractivity contribution in [1.29, 1.82) is 0 Å². The van der Waals surface area contributed by atoms with Gasteiger partial charge in [-0.15, -0.1) is 0 Å². The lowest BCUT2D eigenvalue weighted by molar-refractivity contribution is 0.0829. The summed E-state index contributed by atoms with van der Waals surface area (Å²) in [5.41, 5.74) is 9.30. The van der Waals surface area contributed by atoms with Crippen molar-refractivity contribution in [2.24, 2.45) is 0 Å². The van der Waals surface area contributed by atoms with Crippen molar-refractivity contribution >= 4 is 19.9 Å². The Morgan fingerprint density at radius 3 is 2.32 bits per heavy atom. The highest BCUT2D eigenvalue weighted by molar-refractivity contribution is 6.77. The van der Waals surface area contributed by atoms with E-state index in [-0.39, 0.29) is 6.10 Å². The van der Waals surface area contributed by atoms with E-state index < -0.39 is 14.2 Å². The van der Waals surface area contributed by atoms with Crippen LogP contribution < -0.4 is 15.2 Å². The Morgan fingerprint density at radius 1 is 1.09 bits per heavy atom. The predicted octanol–water partition coefficient (Wildman–Crippen LogP) is 5.54. The van der Waals surface area contributed by atoms with Crippen molar-refractivity contribution in [1.82, 2.24) is 4.90 Å². The second kappa shape index (κ2) is 11.6. The van der Waals surface area contributed by atoms with Gasteiger partial charge >= 0.3 is 6.09 Å². The summed E-state index contributed by atoms with van der Waals surface area (Å²) in [6.07, 6.45) is 1.56. The number of hydrogen-bond donors (Lipinski definition) is 2. The SMILES string of the molecule is CCC(OCc1cccc(N)c1COc1ccc(OC2CCN(C(=O)O)CC2)cc1)[Si](C)(C)C. The monoisotopic (exact) mass is 486 g/mol. The van der Waals surface area contributed by atoms with Gasteiger partial charge < -0.3 is 30.0 Å². The van der Waals surface area contributed by atoms with E-state index in [2.05, 4.69) is 32.6 Å². The fourth-order valence-corrected chi connectivity index (χ4v) is 6.07. The maximum atomic E-state index is 11.0. The standard InChI is InChI=1S/C26H38N2O5Si/c1-5-25(34(2,3)4)32-17-19-7-6-8-24(27)23(19)18-31-20-9-11-21(12-10-20)33-22-13-15-28(16-14-22)26(29)30/h6-12,22,25H,5,13-18,27H2,1-4H3,(H,29,30). The normalized spacial score (nSPS) is 15.7. The Kier molecular flexibility index (Phi) is 8.85. The Morgan fingerprint density at radius 2 is 1.74 bits per heavy atom. The van der Waals surface area contributed by atoms with Crippen molar-refractivity contribution in [3.05, 3.63) is 53.6 Å². The molecule has 1 atom stereocenters. The molecule has 0 radical (unpaired) electrons. The molecule has 0 aromatic heterocycles. The average Bonchev–Trinajstić information content (AvgIpc) is 2.79. The van der Waals surface area contributed by atoms with Crippen molar-refractivity contribution in [2.75, 3.05) is 18.8 Å². The third-order valence-corrected chi connectivity index (χ3v) is 8.81. The van der Waals surface area contributed by atoms with Crippen LogP contribution in [0.15, 0.2) is 42.5 Å². The number of likely N-dealkylation sites (tertiary alicyclic amines) is 1. The fraction of sp³-hybridized carbons (Fsp3) is 0.500. The number of carboxylic acid groups (broad SMARTS) is 1. The first-order valence-electron chi connectivity index (χ1n) is 12.0. The van der Waals surface area contributed by atoms with Crippen molar-refractivity contribution < 1.29 is 24.1 Å². The highest BCUT2D eigenvalue weighted by Crippen LogP contribution is 2.26. The largest absolute Gasteiger partial charge is 0.490 e. The zero-order chi connectivity index (χ0) is 24.7. The number of amides is 1. The highest BCUT2D eigenvalue weighted by Gasteiger charge is 2.26. The molecular formula is C26H38N2O5Si. The molecule has 0 saturated carbocycles. The van der Waals surface area contributed by atoms with Gasteiger partial charge in [-0.2, -0.15) is 0 Å². The summed E-state index contributed by atoms with van der Waals surface area (Å²) in [5, 5.41) is 9.07. The van der Waals surface area contributed by atoms with Gasteiger partial charge in [0.15, 0.2) is 0 Å². The Hall–Kier alpha value is -2.71. The second-order valence-corrected chi connectivity index (χ2v) is 15.3. The van der Waals surface area contributed by atoms with Gasteiger partial charge in [-0.3, -0.25) is 0 Å². The Bertz CT molecular complexity index is 937. The molecule has 0 spiro atoms. The number of anilines is 1. The number of benzene rings is 2. The first-order chi connectivity index (χ1) is 16.2. The lowest BCUT2D eigenvalue weighted by Crippen LogP contribution is -2.41. The molecule has 1 fully saturated rings. The zero-order valence-electron chi connectivity index (χ0n) is 20.8. The van der Waals surface area contributed by atoms with Gasteiger partial charge in [-0.05, 0) is 42.3 Å².